The maximum atomic E-state index is 13.1. The number of nitrogens with one attached hydrogen (secondary N) is 1. The van der Waals surface area contributed by atoms with Crippen molar-refractivity contribution in [1.82, 2.24) is 5.32 Å². The van der Waals surface area contributed by atoms with Gasteiger partial charge in [0.1, 0.15) is 5.75 Å². The Morgan fingerprint density at radius 3 is 2.18 bits per heavy atom. The predicted octanol–water partition coefficient (Wildman–Crippen LogP) is 7.69. The average Bonchev–Trinajstić information content (AvgIpc) is 2.92. The zero-order chi connectivity index (χ0) is 28.4. The summed E-state index contributed by atoms with van der Waals surface area (Å²) in [6, 6.07) is 18.1. The van der Waals surface area contributed by atoms with E-state index in [0.717, 1.165) is 55.4 Å². The molecule has 1 unspecified atom stereocenters. The van der Waals surface area contributed by atoms with Crippen molar-refractivity contribution in [2.75, 3.05) is 13.7 Å². The summed E-state index contributed by atoms with van der Waals surface area (Å²) in [6.07, 6.45) is 0.619. The van der Waals surface area contributed by atoms with E-state index in [4.69, 9.17) is 9.84 Å². The molecule has 5 nitrogen and oxygen atoms in total. The van der Waals surface area contributed by atoms with Crippen LogP contribution in [0.3, 0.4) is 0 Å². The van der Waals surface area contributed by atoms with Crippen LogP contribution in [0.5, 0.6) is 5.75 Å². The Kier molecular flexibility index (Phi) is 10.5. The van der Waals surface area contributed by atoms with Gasteiger partial charge in [0, 0.05) is 23.6 Å². The molecule has 8 heteroatoms. The number of carboxylic acids is 1. The van der Waals surface area contributed by atoms with Crippen LogP contribution < -0.4 is 10.1 Å². The van der Waals surface area contributed by atoms with E-state index in [1.807, 2.05) is 30.3 Å². The fourth-order valence-electron chi connectivity index (χ4n) is 4.56. The molecule has 0 aliphatic heterocycles. The number of carboxylic acid groups (broad SMARTS) is 1. The molecule has 1 atom stereocenters. The van der Waals surface area contributed by atoms with Gasteiger partial charge in [0.2, 0.25) is 0 Å². The Morgan fingerprint density at radius 2 is 1.59 bits per heavy atom. The molecule has 2 N–H and O–H groups in total. The largest absolute Gasteiger partial charge is 0.496 e. The van der Waals surface area contributed by atoms with Gasteiger partial charge < -0.3 is 15.2 Å². The number of benzene rings is 3. The van der Waals surface area contributed by atoms with Gasteiger partial charge in [-0.2, -0.15) is 13.2 Å². The molecule has 0 spiro atoms. The Labute approximate surface area is 227 Å². The van der Waals surface area contributed by atoms with Gasteiger partial charge in [0.15, 0.2) is 0 Å². The summed E-state index contributed by atoms with van der Waals surface area (Å²) in [4.78, 5) is 23.1. The third-order valence-electron chi connectivity index (χ3n) is 6.70. The molecule has 3 aromatic rings. The third kappa shape index (κ3) is 8.34. The number of unbranched alkanes of at least 4 members (excludes halogenated alkanes) is 3. The molecule has 0 fully saturated rings. The fraction of sp³-hybridized carbons (Fsp3) is 0.355. The second-order valence-corrected chi connectivity index (χ2v) is 9.46. The highest BCUT2D eigenvalue weighted by atomic mass is 19.4. The van der Waals surface area contributed by atoms with Crippen molar-refractivity contribution in [3.05, 3.63) is 89.0 Å². The maximum Gasteiger partial charge on any atom is 0.416 e. The molecular formula is C31H34F3NO4. The van der Waals surface area contributed by atoms with Crippen LogP contribution >= 0.6 is 0 Å². The third-order valence-corrected chi connectivity index (χ3v) is 6.70. The summed E-state index contributed by atoms with van der Waals surface area (Å²) in [5.41, 5.74) is 3.07. The average molecular weight is 542 g/mol. The molecule has 0 saturated carbocycles. The normalized spacial score (nSPS) is 12.1. The van der Waals surface area contributed by atoms with Crippen LogP contribution in [0.4, 0.5) is 13.2 Å². The highest BCUT2D eigenvalue weighted by Crippen LogP contribution is 2.38. The lowest BCUT2D eigenvalue weighted by Crippen LogP contribution is -2.25. The predicted molar refractivity (Wildman–Crippen MR) is 145 cm³/mol. The minimum Gasteiger partial charge on any atom is -0.496 e. The molecule has 0 aliphatic rings. The summed E-state index contributed by atoms with van der Waals surface area (Å²) in [5.74, 6) is -0.746. The first kappa shape index (κ1) is 29.7. The first-order valence-corrected chi connectivity index (χ1v) is 13.1. The summed E-state index contributed by atoms with van der Waals surface area (Å²) < 4.78 is 44.8. The van der Waals surface area contributed by atoms with E-state index in [2.05, 4.69) is 12.2 Å². The van der Waals surface area contributed by atoms with Gasteiger partial charge in [-0.1, -0.05) is 62.9 Å². The lowest BCUT2D eigenvalue weighted by atomic mass is 9.85. The quantitative estimate of drug-likeness (QED) is 0.218. The standard InChI is InChI=1S/C31H34F3NO4/c1-3-4-5-6-7-26(21-8-10-23(11-9-21)30(38)35-19-18-29(36)37)24-14-17-28(39-2)27(20-24)22-12-15-25(16-13-22)31(32,33)34/h8-17,20,26H,3-7,18-19H2,1-2H3,(H,35,38)(H,36,37). The van der Waals surface area contributed by atoms with Crippen molar-refractivity contribution < 1.29 is 32.6 Å². The number of hydrogen-bond donors (Lipinski definition) is 2. The number of ether oxygens (including phenoxy) is 1. The van der Waals surface area contributed by atoms with Gasteiger partial charge in [0.05, 0.1) is 19.1 Å². The van der Waals surface area contributed by atoms with Crippen molar-refractivity contribution in [3.8, 4) is 16.9 Å². The minimum absolute atomic E-state index is 0.00471. The zero-order valence-corrected chi connectivity index (χ0v) is 22.2. The Hall–Kier alpha value is -3.81. The SMILES string of the molecule is CCCCCCC(c1ccc(C(=O)NCCC(=O)O)cc1)c1ccc(OC)c(-c2ccc(C(F)(F)F)cc2)c1. The van der Waals surface area contributed by atoms with Gasteiger partial charge in [0.25, 0.3) is 5.91 Å². The smallest absolute Gasteiger partial charge is 0.416 e. The van der Waals surface area contributed by atoms with E-state index in [0.29, 0.717) is 22.4 Å². The van der Waals surface area contributed by atoms with Gasteiger partial charge in [-0.05, 0) is 59.5 Å². The number of carbonyl (C=O) groups excluding carboxylic acids is 1. The number of alkyl halides is 3. The zero-order valence-electron chi connectivity index (χ0n) is 22.2. The molecule has 0 aliphatic carbocycles. The van der Waals surface area contributed by atoms with Crippen LogP contribution in [-0.4, -0.2) is 30.6 Å². The van der Waals surface area contributed by atoms with Crippen molar-refractivity contribution in [1.29, 1.82) is 0 Å². The Balaban J connectivity index is 1.92. The molecule has 39 heavy (non-hydrogen) atoms. The van der Waals surface area contributed by atoms with Crippen LogP contribution in [0.2, 0.25) is 0 Å². The molecule has 0 aromatic heterocycles. The van der Waals surface area contributed by atoms with Crippen molar-refractivity contribution in [3.63, 3.8) is 0 Å². The van der Waals surface area contributed by atoms with Gasteiger partial charge in [-0.25, -0.2) is 0 Å². The number of aliphatic carboxylic acids is 1. The number of halogens is 3. The monoisotopic (exact) mass is 541 g/mol. The number of methoxy groups -OCH3 is 1. The maximum absolute atomic E-state index is 13.1. The van der Waals surface area contributed by atoms with Crippen molar-refractivity contribution >= 4 is 11.9 Å². The van der Waals surface area contributed by atoms with E-state index in [1.165, 1.54) is 19.2 Å². The fourth-order valence-corrected chi connectivity index (χ4v) is 4.56. The van der Waals surface area contributed by atoms with E-state index < -0.39 is 17.7 Å². The number of amides is 1. The second-order valence-electron chi connectivity index (χ2n) is 9.46. The number of hydrogen-bond acceptors (Lipinski definition) is 3. The highest BCUT2D eigenvalue weighted by molar-refractivity contribution is 5.94. The Bertz CT molecular complexity index is 1240. The van der Waals surface area contributed by atoms with Crippen LogP contribution in [0.1, 0.15) is 78.4 Å². The topological polar surface area (TPSA) is 75.6 Å². The molecule has 208 valence electrons. The number of carbonyl (C=O) groups is 2. The second kappa shape index (κ2) is 13.8. The van der Waals surface area contributed by atoms with Gasteiger partial charge in [-0.15, -0.1) is 0 Å². The first-order chi connectivity index (χ1) is 18.6. The minimum atomic E-state index is -4.41. The van der Waals surface area contributed by atoms with Gasteiger partial charge in [-0.3, -0.25) is 9.59 Å². The molecule has 0 radical (unpaired) electrons. The highest BCUT2D eigenvalue weighted by Gasteiger charge is 2.30. The summed E-state index contributed by atoms with van der Waals surface area (Å²) in [7, 11) is 1.53. The summed E-state index contributed by atoms with van der Waals surface area (Å²) in [5, 5.41) is 11.4. The van der Waals surface area contributed by atoms with E-state index in [1.54, 1.807) is 12.1 Å². The van der Waals surface area contributed by atoms with E-state index in [9.17, 15) is 22.8 Å². The summed E-state index contributed by atoms with van der Waals surface area (Å²) >= 11 is 0. The molecule has 1 amide bonds. The molecule has 3 aromatic carbocycles. The summed E-state index contributed by atoms with van der Waals surface area (Å²) in [6.45, 7) is 2.20. The van der Waals surface area contributed by atoms with Gasteiger partial charge >= 0.3 is 12.1 Å². The number of rotatable bonds is 13. The van der Waals surface area contributed by atoms with Crippen LogP contribution in [0.15, 0.2) is 66.7 Å². The van der Waals surface area contributed by atoms with E-state index >= 15 is 0 Å². The molecular weight excluding hydrogens is 507 g/mol. The first-order valence-electron chi connectivity index (χ1n) is 13.1. The Morgan fingerprint density at radius 1 is 0.923 bits per heavy atom. The lowest BCUT2D eigenvalue weighted by molar-refractivity contribution is -0.138. The van der Waals surface area contributed by atoms with E-state index in [-0.39, 0.29) is 24.8 Å². The van der Waals surface area contributed by atoms with Crippen LogP contribution in [-0.2, 0) is 11.0 Å². The lowest BCUT2D eigenvalue weighted by Gasteiger charge is -2.21. The molecule has 0 bridgehead atoms. The van der Waals surface area contributed by atoms with Crippen molar-refractivity contribution in [2.45, 2.75) is 57.5 Å². The van der Waals surface area contributed by atoms with Crippen LogP contribution in [0, 0.1) is 0 Å². The molecule has 3 rings (SSSR count). The van der Waals surface area contributed by atoms with Crippen LogP contribution in [0.25, 0.3) is 11.1 Å². The molecule has 0 heterocycles. The van der Waals surface area contributed by atoms with Crippen molar-refractivity contribution in [2.24, 2.45) is 0 Å². The molecule has 0 saturated heterocycles.